The number of benzene rings is 2. The predicted molar refractivity (Wildman–Crippen MR) is 115 cm³/mol. The largest absolute Gasteiger partial charge is 0.491 e. The first-order valence-electron chi connectivity index (χ1n) is 9.48. The summed E-state index contributed by atoms with van der Waals surface area (Å²) in [5.41, 5.74) is 3.58. The van der Waals surface area contributed by atoms with Gasteiger partial charge in [0.25, 0.3) is 5.91 Å². The van der Waals surface area contributed by atoms with Crippen LogP contribution in [0.15, 0.2) is 79.1 Å². The van der Waals surface area contributed by atoms with Crippen LogP contribution in [0.4, 0.5) is 5.69 Å². The minimum atomic E-state index is -0.201. The van der Waals surface area contributed by atoms with Gasteiger partial charge in [0, 0.05) is 17.1 Å². The van der Waals surface area contributed by atoms with Crippen molar-refractivity contribution in [2.24, 2.45) is 0 Å². The van der Waals surface area contributed by atoms with E-state index in [0.717, 1.165) is 22.2 Å². The summed E-state index contributed by atoms with van der Waals surface area (Å²) in [7, 11) is 0. The lowest BCUT2D eigenvalue weighted by Crippen LogP contribution is -2.13. The number of fused-ring (bicyclic) bond motifs is 1. The van der Waals surface area contributed by atoms with Crippen LogP contribution in [-0.4, -0.2) is 22.0 Å². The number of aromatic nitrogens is 2. The number of para-hydroxylation sites is 1. The molecule has 0 spiro atoms. The summed E-state index contributed by atoms with van der Waals surface area (Å²) in [5, 5.41) is 3.71. The number of amides is 1. The maximum atomic E-state index is 13.0. The van der Waals surface area contributed by atoms with Gasteiger partial charge in [0.15, 0.2) is 0 Å². The first-order chi connectivity index (χ1) is 14.1. The van der Waals surface area contributed by atoms with Gasteiger partial charge in [0.1, 0.15) is 5.75 Å². The van der Waals surface area contributed by atoms with E-state index in [2.05, 4.69) is 10.3 Å². The van der Waals surface area contributed by atoms with Gasteiger partial charge in [0.05, 0.1) is 34.8 Å². The van der Waals surface area contributed by atoms with Gasteiger partial charge < -0.3 is 10.1 Å². The fourth-order valence-electron chi connectivity index (χ4n) is 3.15. The zero-order valence-corrected chi connectivity index (χ0v) is 16.3. The van der Waals surface area contributed by atoms with Crippen molar-refractivity contribution in [3.8, 4) is 17.0 Å². The van der Waals surface area contributed by atoms with Gasteiger partial charge in [-0.2, -0.15) is 0 Å². The van der Waals surface area contributed by atoms with Crippen LogP contribution in [0, 0.1) is 0 Å². The molecule has 5 heteroatoms. The molecule has 2 aromatic heterocycles. The third-order valence-electron chi connectivity index (χ3n) is 4.38. The molecule has 5 nitrogen and oxygen atoms in total. The minimum absolute atomic E-state index is 0.0793. The molecular weight excluding hydrogens is 362 g/mol. The minimum Gasteiger partial charge on any atom is -0.491 e. The summed E-state index contributed by atoms with van der Waals surface area (Å²) in [6, 6.07) is 20.8. The second kappa shape index (κ2) is 8.10. The molecule has 2 heterocycles. The number of rotatable bonds is 5. The number of hydrogen-bond acceptors (Lipinski definition) is 4. The van der Waals surface area contributed by atoms with Crippen molar-refractivity contribution < 1.29 is 9.53 Å². The van der Waals surface area contributed by atoms with Crippen molar-refractivity contribution >= 4 is 22.5 Å². The van der Waals surface area contributed by atoms with Crippen molar-refractivity contribution in [1.29, 1.82) is 0 Å². The van der Waals surface area contributed by atoms with Gasteiger partial charge in [-0.25, -0.2) is 4.98 Å². The highest BCUT2D eigenvalue weighted by atomic mass is 16.5. The zero-order chi connectivity index (χ0) is 20.2. The molecule has 29 heavy (non-hydrogen) atoms. The van der Waals surface area contributed by atoms with E-state index in [-0.39, 0.29) is 12.0 Å². The highest BCUT2D eigenvalue weighted by molar-refractivity contribution is 6.13. The zero-order valence-electron chi connectivity index (χ0n) is 16.3. The molecule has 2 aromatic carbocycles. The first kappa shape index (κ1) is 18.6. The second-order valence-electron chi connectivity index (χ2n) is 6.96. The van der Waals surface area contributed by atoms with Crippen molar-refractivity contribution in [3.05, 3.63) is 84.7 Å². The lowest BCUT2D eigenvalue weighted by Gasteiger charge is -2.13. The Morgan fingerprint density at radius 1 is 1.00 bits per heavy atom. The molecule has 0 radical (unpaired) electrons. The monoisotopic (exact) mass is 383 g/mol. The molecule has 0 unspecified atom stereocenters. The van der Waals surface area contributed by atoms with Crippen LogP contribution in [0.2, 0.25) is 0 Å². The number of hydrogen-bond donors (Lipinski definition) is 1. The average molecular weight is 383 g/mol. The van der Waals surface area contributed by atoms with E-state index >= 15 is 0 Å². The SMILES string of the molecule is CC(C)Oc1cccc(-c2cc(C(=O)Nc3cccnc3)c3ccccc3n2)c1. The maximum absolute atomic E-state index is 13.0. The fraction of sp³-hybridized carbons (Fsp3) is 0.125. The molecule has 144 valence electrons. The van der Waals surface area contributed by atoms with Gasteiger partial charge in [-0.1, -0.05) is 30.3 Å². The third kappa shape index (κ3) is 4.24. The summed E-state index contributed by atoms with van der Waals surface area (Å²) < 4.78 is 5.81. The summed E-state index contributed by atoms with van der Waals surface area (Å²) in [5.74, 6) is 0.571. The Morgan fingerprint density at radius 2 is 1.86 bits per heavy atom. The topological polar surface area (TPSA) is 64.1 Å². The van der Waals surface area contributed by atoms with Crippen LogP contribution in [0.25, 0.3) is 22.2 Å². The number of nitrogens with zero attached hydrogens (tertiary/aromatic N) is 2. The molecule has 0 saturated carbocycles. The highest BCUT2D eigenvalue weighted by Crippen LogP contribution is 2.28. The third-order valence-corrected chi connectivity index (χ3v) is 4.38. The van der Waals surface area contributed by atoms with Gasteiger partial charge >= 0.3 is 0 Å². The Labute approximate surface area is 169 Å². The Bertz CT molecular complexity index is 1160. The lowest BCUT2D eigenvalue weighted by atomic mass is 10.0. The van der Waals surface area contributed by atoms with Crippen molar-refractivity contribution in [1.82, 2.24) is 9.97 Å². The molecule has 0 atom stereocenters. The van der Waals surface area contributed by atoms with Gasteiger partial charge in [-0.15, -0.1) is 0 Å². The molecule has 0 bridgehead atoms. The number of ether oxygens (including phenoxy) is 1. The molecular formula is C24H21N3O2. The van der Waals surface area contributed by atoms with Crippen LogP contribution in [0.1, 0.15) is 24.2 Å². The average Bonchev–Trinajstić information content (AvgIpc) is 2.73. The van der Waals surface area contributed by atoms with Crippen LogP contribution in [0.3, 0.4) is 0 Å². The molecule has 1 N–H and O–H groups in total. The summed E-state index contributed by atoms with van der Waals surface area (Å²) in [6.45, 7) is 3.98. The molecule has 1 amide bonds. The first-order valence-corrected chi connectivity index (χ1v) is 9.48. The smallest absolute Gasteiger partial charge is 0.256 e. The lowest BCUT2D eigenvalue weighted by molar-refractivity contribution is 0.102. The van der Waals surface area contributed by atoms with Crippen molar-refractivity contribution in [3.63, 3.8) is 0 Å². The van der Waals surface area contributed by atoms with E-state index in [9.17, 15) is 4.79 Å². The molecule has 0 fully saturated rings. The number of anilines is 1. The standard InChI is InChI=1S/C24H21N3O2/c1-16(2)29-19-9-5-7-17(13-19)23-14-21(20-10-3-4-11-22(20)27-23)24(28)26-18-8-6-12-25-15-18/h3-16H,1-2H3,(H,26,28). The van der Waals surface area contributed by atoms with E-state index in [4.69, 9.17) is 9.72 Å². The summed E-state index contributed by atoms with van der Waals surface area (Å²) in [4.78, 5) is 21.9. The van der Waals surface area contributed by atoms with E-state index in [1.807, 2.05) is 74.5 Å². The molecule has 0 aliphatic carbocycles. The van der Waals surface area contributed by atoms with E-state index in [0.29, 0.717) is 16.9 Å². The van der Waals surface area contributed by atoms with Crippen molar-refractivity contribution in [2.75, 3.05) is 5.32 Å². The highest BCUT2D eigenvalue weighted by Gasteiger charge is 2.15. The number of pyridine rings is 2. The van der Waals surface area contributed by atoms with E-state index in [1.165, 1.54) is 0 Å². The van der Waals surface area contributed by atoms with E-state index in [1.54, 1.807) is 18.5 Å². The summed E-state index contributed by atoms with van der Waals surface area (Å²) in [6.07, 6.45) is 3.37. The molecule has 4 aromatic rings. The molecule has 0 aliphatic rings. The van der Waals surface area contributed by atoms with Crippen LogP contribution < -0.4 is 10.1 Å². The Hall–Kier alpha value is -3.73. The van der Waals surface area contributed by atoms with Crippen LogP contribution in [0.5, 0.6) is 5.75 Å². The molecule has 4 rings (SSSR count). The molecule has 0 saturated heterocycles. The maximum Gasteiger partial charge on any atom is 0.256 e. The van der Waals surface area contributed by atoms with Gasteiger partial charge in [0.2, 0.25) is 0 Å². The van der Waals surface area contributed by atoms with E-state index < -0.39 is 0 Å². The van der Waals surface area contributed by atoms with Crippen molar-refractivity contribution in [2.45, 2.75) is 20.0 Å². The van der Waals surface area contributed by atoms with Crippen LogP contribution >= 0.6 is 0 Å². The predicted octanol–water partition coefficient (Wildman–Crippen LogP) is 5.34. The number of carbonyl (C=O) groups excluding carboxylic acids is 1. The second-order valence-corrected chi connectivity index (χ2v) is 6.96. The summed E-state index contributed by atoms with van der Waals surface area (Å²) >= 11 is 0. The number of carbonyl (C=O) groups is 1. The fourth-order valence-corrected chi connectivity index (χ4v) is 3.15. The van der Waals surface area contributed by atoms with Gasteiger partial charge in [-0.3, -0.25) is 9.78 Å². The molecule has 0 aliphatic heterocycles. The normalized spacial score (nSPS) is 10.9. The Balaban J connectivity index is 1.78. The van der Waals surface area contributed by atoms with Crippen LogP contribution in [-0.2, 0) is 0 Å². The van der Waals surface area contributed by atoms with Gasteiger partial charge in [-0.05, 0) is 50.2 Å². The number of nitrogens with one attached hydrogen (secondary N) is 1. The Kier molecular flexibility index (Phi) is 5.20. The quantitative estimate of drug-likeness (QED) is 0.505. The Morgan fingerprint density at radius 3 is 2.66 bits per heavy atom.